The van der Waals surface area contributed by atoms with Crippen molar-refractivity contribution < 1.29 is 14.3 Å². The Balaban J connectivity index is 1.35. The predicted octanol–water partition coefficient (Wildman–Crippen LogP) is 4.06. The zero-order chi connectivity index (χ0) is 21.9. The van der Waals surface area contributed by atoms with Gasteiger partial charge in [-0.1, -0.05) is 60.3 Å². The normalized spacial score (nSPS) is 17.7. The van der Waals surface area contributed by atoms with Gasteiger partial charge in [-0.2, -0.15) is 0 Å². The van der Waals surface area contributed by atoms with E-state index >= 15 is 0 Å². The molecule has 0 aromatic heterocycles. The first-order valence-electron chi connectivity index (χ1n) is 9.98. The highest BCUT2D eigenvalue weighted by Crippen LogP contribution is 2.29. The van der Waals surface area contributed by atoms with Crippen LogP contribution < -0.4 is 15.0 Å². The zero-order valence-corrected chi connectivity index (χ0v) is 17.7. The number of nitrogens with zero attached hydrogens (tertiary/aromatic N) is 3. The first-order valence-corrected chi connectivity index (χ1v) is 11.0. The summed E-state index contributed by atoms with van der Waals surface area (Å²) in [7, 11) is 0. The monoisotopic (exact) mass is 442 g/mol. The molecule has 0 radical (unpaired) electrons. The van der Waals surface area contributed by atoms with Crippen LogP contribution in [0.25, 0.3) is 0 Å². The Bertz CT molecular complexity index is 1240. The molecule has 5 rings (SSSR count). The number of ether oxygens (including phenoxy) is 1. The van der Waals surface area contributed by atoms with E-state index in [-0.39, 0.29) is 23.3 Å². The summed E-state index contributed by atoms with van der Waals surface area (Å²) in [6.45, 7) is 0.465. The smallest absolute Gasteiger partial charge is 0.276 e. The summed E-state index contributed by atoms with van der Waals surface area (Å²) in [4.78, 5) is 26.3. The fourth-order valence-corrected chi connectivity index (χ4v) is 4.23. The van der Waals surface area contributed by atoms with E-state index in [9.17, 15) is 9.59 Å². The molecule has 0 bridgehead atoms. The van der Waals surface area contributed by atoms with Gasteiger partial charge in [0.25, 0.3) is 5.91 Å². The number of thioether (sulfide) groups is 1. The molecule has 3 aromatic rings. The highest BCUT2D eigenvalue weighted by Gasteiger charge is 2.31. The number of fused-ring (bicyclic) bond motifs is 1. The Labute approximate surface area is 188 Å². The maximum absolute atomic E-state index is 12.5. The fraction of sp³-hybridized carbons (Fsp3) is 0.0833. The minimum Gasteiger partial charge on any atom is -0.489 e. The Morgan fingerprint density at radius 3 is 2.47 bits per heavy atom. The van der Waals surface area contributed by atoms with Crippen LogP contribution in [0.1, 0.15) is 11.1 Å². The van der Waals surface area contributed by atoms with Gasteiger partial charge in [-0.3, -0.25) is 14.5 Å². The molecule has 0 aliphatic carbocycles. The number of carbonyl (C=O) groups excluding carboxylic acids is 2. The van der Waals surface area contributed by atoms with E-state index in [1.807, 2.05) is 78.9 Å². The van der Waals surface area contributed by atoms with Crippen LogP contribution in [0, 0.1) is 0 Å². The van der Waals surface area contributed by atoms with Gasteiger partial charge in [0.05, 0.1) is 17.1 Å². The summed E-state index contributed by atoms with van der Waals surface area (Å²) in [5, 5.41) is 11.6. The van der Waals surface area contributed by atoms with Crippen molar-refractivity contribution in [3.8, 4) is 5.75 Å². The van der Waals surface area contributed by atoms with Crippen molar-refractivity contribution in [1.29, 1.82) is 0 Å². The van der Waals surface area contributed by atoms with Gasteiger partial charge in [-0.15, -0.1) is 10.2 Å². The van der Waals surface area contributed by atoms with Gasteiger partial charge < -0.3 is 10.1 Å². The van der Waals surface area contributed by atoms with Crippen molar-refractivity contribution in [3.63, 3.8) is 0 Å². The minimum absolute atomic E-state index is 0.0943. The van der Waals surface area contributed by atoms with Crippen LogP contribution in [0.5, 0.6) is 5.75 Å². The van der Waals surface area contributed by atoms with Crippen molar-refractivity contribution in [2.45, 2.75) is 6.61 Å². The number of para-hydroxylation sites is 1. The van der Waals surface area contributed by atoms with Crippen molar-refractivity contribution in [2.24, 2.45) is 10.2 Å². The molecule has 0 saturated carbocycles. The molecule has 3 aromatic carbocycles. The molecule has 1 saturated heterocycles. The molecule has 2 heterocycles. The zero-order valence-electron chi connectivity index (χ0n) is 16.9. The molecule has 8 heteroatoms. The second-order valence-corrected chi connectivity index (χ2v) is 8.06. The lowest BCUT2D eigenvalue weighted by atomic mass is 10.1. The minimum atomic E-state index is -0.309. The molecule has 32 heavy (non-hydrogen) atoms. The van der Waals surface area contributed by atoms with Crippen LogP contribution in [-0.2, 0) is 16.2 Å². The van der Waals surface area contributed by atoms with E-state index in [1.165, 1.54) is 16.7 Å². The Hall–Kier alpha value is -3.91. The third-order valence-electron chi connectivity index (χ3n) is 4.99. The lowest BCUT2D eigenvalue weighted by molar-refractivity contribution is -0.115. The molecular formula is C24H18N4O3S. The molecular weight excluding hydrogens is 424 g/mol. The van der Waals surface area contributed by atoms with Crippen LogP contribution >= 0.6 is 11.8 Å². The van der Waals surface area contributed by atoms with Crippen LogP contribution in [-0.4, -0.2) is 28.4 Å². The second kappa shape index (κ2) is 8.68. The molecule has 158 valence electrons. The van der Waals surface area contributed by atoms with Gasteiger partial charge in [0.15, 0.2) is 10.9 Å². The third-order valence-corrected chi connectivity index (χ3v) is 5.90. The van der Waals surface area contributed by atoms with Gasteiger partial charge in [0, 0.05) is 5.56 Å². The number of amidine groups is 1. The maximum atomic E-state index is 12.5. The molecule has 7 nitrogen and oxygen atoms in total. The maximum Gasteiger partial charge on any atom is 0.276 e. The first-order chi connectivity index (χ1) is 15.7. The quantitative estimate of drug-likeness (QED) is 0.604. The van der Waals surface area contributed by atoms with Crippen LogP contribution in [0.4, 0.5) is 11.4 Å². The van der Waals surface area contributed by atoms with Gasteiger partial charge >= 0.3 is 0 Å². The van der Waals surface area contributed by atoms with E-state index in [1.54, 1.807) is 0 Å². The average molecular weight is 443 g/mol. The van der Waals surface area contributed by atoms with Crippen LogP contribution in [0.3, 0.4) is 0 Å². The number of rotatable bonds is 5. The lowest BCUT2D eigenvalue weighted by Crippen LogP contribution is -2.29. The summed E-state index contributed by atoms with van der Waals surface area (Å²) >= 11 is 1.29. The Kier molecular flexibility index (Phi) is 5.43. The Morgan fingerprint density at radius 2 is 1.66 bits per heavy atom. The highest BCUT2D eigenvalue weighted by molar-refractivity contribution is 8.15. The lowest BCUT2D eigenvalue weighted by Gasteiger charge is -2.16. The van der Waals surface area contributed by atoms with Crippen molar-refractivity contribution in [1.82, 2.24) is 0 Å². The number of amides is 2. The summed E-state index contributed by atoms with van der Waals surface area (Å²) in [5.41, 5.74) is 3.38. The largest absolute Gasteiger partial charge is 0.489 e. The van der Waals surface area contributed by atoms with E-state index in [2.05, 4.69) is 15.5 Å². The molecule has 0 atom stereocenters. The standard InChI is InChI=1S/C24H18N4O3S/c29-21-15-32-24(27-26-22-19-8-4-5-9-20(19)25-23(22)30)28(21)17-10-12-18(13-11-17)31-14-16-6-2-1-3-7-16/h1-13H,14-15H2,(H,25,26,30)/b27-24-. The number of hydrogen-bond donors (Lipinski definition) is 1. The number of hydrogen-bond acceptors (Lipinski definition) is 6. The van der Waals surface area contributed by atoms with E-state index in [0.717, 1.165) is 5.56 Å². The summed E-state index contributed by atoms with van der Waals surface area (Å²) in [6.07, 6.45) is 0. The van der Waals surface area contributed by atoms with Crippen molar-refractivity contribution >= 4 is 45.8 Å². The number of carbonyl (C=O) groups is 2. The van der Waals surface area contributed by atoms with E-state index in [4.69, 9.17) is 4.74 Å². The SMILES string of the molecule is O=C1Nc2ccccc2/C1=N/N=C1\SCC(=O)N1c1ccc(OCc2ccccc2)cc1. The summed E-state index contributed by atoms with van der Waals surface area (Å²) < 4.78 is 5.82. The molecule has 0 spiro atoms. The molecule has 0 unspecified atom stereocenters. The number of anilines is 2. The average Bonchev–Trinajstić information content (AvgIpc) is 3.35. The van der Waals surface area contributed by atoms with Gasteiger partial charge in [0.2, 0.25) is 5.91 Å². The molecule has 2 aliphatic rings. The van der Waals surface area contributed by atoms with Gasteiger partial charge in [-0.25, -0.2) is 0 Å². The summed E-state index contributed by atoms with van der Waals surface area (Å²) in [6, 6.07) is 24.5. The van der Waals surface area contributed by atoms with Gasteiger partial charge in [0.1, 0.15) is 12.4 Å². The number of nitrogens with one attached hydrogen (secondary N) is 1. The predicted molar refractivity (Wildman–Crippen MR) is 126 cm³/mol. The van der Waals surface area contributed by atoms with Crippen molar-refractivity contribution in [3.05, 3.63) is 90.0 Å². The van der Waals surface area contributed by atoms with Gasteiger partial charge in [-0.05, 0) is 35.9 Å². The highest BCUT2D eigenvalue weighted by atomic mass is 32.2. The van der Waals surface area contributed by atoms with Crippen LogP contribution in [0.2, 0.25) is 0 Å². The fourth-order valence-electron chi connectivity index (χ4n) is 3.42. The molecule has 2 amide bonds. The van der Waals surface area contributed by atoms with E-state index < -0.39 is 0 Å². The molecule has 1 fully saturated rings. The second-order valence-electron chi connectivity index (χ2n) is 7.12. The summed E-state index contributed by atoms with van der Waals surface area (Å²) in [5.74, 6) is 0.563. The first kappa shape index (κ1) is 20.0. The molecule has 2 aliphatic heterocycles. The van der Waals surface area contributed by atoms with Crippen molar-refractivity contribution in [2.75, 3.05) is 16.0 Å². The van der Waals surface area contributed by atoms with E-state index in [0.29, 0.717) is 34.5 Å². The van der Waals surface area contributed by atoms with Crippen LogP contribution in [0.15, 0.2) is 89.1 Å². The number of benzene rings is 3. The topological polar surface area (TPSA) is 83.4 Å². The third kappa shape index (κ3) is 4.00. The Morgan fingerprint density at radius 1 is 0.906 bits per heavy atom. The molecule has 1 N–H and O–H groups in total.